The molecule has 1 aliphatic carbocycles. The maximum Gasteiger partial charge on any atom is 0.321 e. The van der Waals surface area contributed by atoms with Gasteiger partial charge in [-0.3, -0.25) is 14.5 Å². The van der Waals surface area contributed by atoms with E-state index in [1.807, 2.05) is 29.2 Å². The number of hydrogen-bond donors (Lipinski definition) is 2. The molecule has 2 aromatic rings. The molecule has 35 heavy (non-hydrogen) atoms. The van der Waals surface area contributed by atoms with Crippen molar-refractivity contribution >= 4 is 40.8 Å². The van der Waals surface area contributed by atoms with E-state index in [1.165, 1.54) is 0 Å². The zero-order valence-corrected chi connectivity index (χ0v) is 20.4. The number of nitrogens with one attached hydrogen (secondary N) is 2. The van der Waals surface area contributed by atoms with Gasteiger partial charge in [0.05, 0.1) is 18.6 Å². The van der Waals surface area contributed by atoms with Crippen molar-refractivity contribution in [1.82, 2.24) is 10.2 Å². The van der Waals surface area contributed by atoms with Crippen LogP contribution in [0.4, 0.5) is 16.2 Å². The van der Waals surface area contributed by atoms with Gasteiger partial charge in [-0.05, 0) is 60.6 Å². The lowest BCUT2D eigenvalue weighted by Crippen LogP contribution is -2.41. The molecule has 0 radical (unpaired) electrons. The molecule has 3 aliphatic rings. The highest BCUT2D eigenvalue weighted by molar-refractivity contribution is 6.32. The number of rotatable bonds is 6. The fourth-order valence-corrected chi connectivity index (χ4v) is 5.50. The summed E-state index contributed by atoms with van der Waals surface area (Å²) in [5.41, 5.74) is 2.42. The highest BCUT2D eigenvalue weighted by Gasteiger charge is 2.58. The minimum atomic E-state index is -0.0871. The van der Waals surface area contributed by atoms with Crippen molar-refractivity contribution < 1.29 is 19.1 Å². The SMILES string of the molecule is COc1ccc(NC(=O)[C@H]2CC23CCN(C(=O)Cc2ccc(N4CCNC4=O)cc2)CC3)cc1Cl. The molecule has 2 heterocycles. The van der Waals surface area contributed by atoms with Crippen molar-refractivity contribution in [3.8, 4) is 5.75 Å². The second-order valence-electron chi connectivity index (χ2n) is 9.57. The molecule has 2 N–H and O–H groups in total. The summed E-state index contributed by atoms with van der Waals surface area (Å²) in [7, 11) is 1.55. The second-order valence-corrected chi connectivity index (χ2v) is 9.97. The molecule has 2 aromatic carbocycles. The van der Waals surface area contributed by atoms with Gasteiger partial charge in [-0.1, -0.05) is 23.7 Å². The summed E-state index contributed by atoms with van der Waals surface area (Å²) < 4.78 is 5.16. The van der Waals surface area contributed by atoms with E-state index >= 15 is 0 Å². The van der Waals surface area contributed by atoms with Crippen LogP contribution in [0.25, 0.3) is 0 Å². The Kier molecular flexibility index (Phi) is 6.32. The molecular weight excluding hydrogens is 468 g/mol. The normalized spacial score (nSPS) is 20.5. The first-order valence-electron chi connectivity index (χ1n) is 11.9. The van der Waals surface area contributed by atoms with E-state index < -0.39 is 0 Å². The van der Waals surface area contributed by atoms with E-state index in [-0.39, 0.29) is 29.2 Å². The smallest absolute Gasteiger partial charge is 0.321 e. The van der Waals surface area contributed by atoms with Gasteiger partial charge in [0.2, 0.25) is 11.8 Å². The number of ether oxygens (including phenoxy) is 1. The number of carbonyl (C=O) groups is 3. The summed E-state index contributed by atoms with van der Waals surface area (Å²) in [6, 6.07) is 12.7. The molecule has 3 fully saturated rings. The maximum atomic E-state index is 12.9. The van der Waals surface area contributed by atoms with Gasteiger partial charge < -0.3 is 20.3 Å². The number of hydrogen-bond acceptors (Lipinski definition) is 4. The van der Waals surface area contributed by atoms with E-state index in [4.69, 9.17) is 16.3 Å². The quantitative estimate of drug-likeness (QED) is 0.638. The predicted molar refractivity (Wildman–Crippen MR) is 134 cm³/mol. The molecule has 1 saturated carbocycles. The second kappa shape index (κ2) is 9.41. The Bertz CT molecular complexity index is 1140. The highest BCUT2D eigenvalue weighted by Crippen LogP contribution is 2.59. The summed E-state index contributed by atoms with van der Waals surface area (Å²) in [4.78, 5) is 41.1. The summed E-state index contributed by atoms with van der Waals surface area (Å²) in [5, 5.41) is 6.22. The van der Waals surface area contributed by atoms with Crippen LogP contribution >= 0.6 is 11.6 Å². The summed E-state index contributed by atoms with van der Waals surface area (Å²) in [6.45, 7) is 2.64. The number of carbonyl (C=O) groups excluding carboxylic acids is 3. The number of methoxy groups -OCH3 is 1. The Balaban J connectivity index is 1.11. The molecule has 0 bridgehead atoms. The largest absolute Gasteiger partial charge is 0.495 e. The van der Waals surface area contributed by atoms with Crippen molar-refractivity contribution in [1.29, 1.82) is 0 Å². The van der Waals surface area contributed by atoms with Crippen LogP contribution in [-0.2, 0) is 16.0 Å². The minimum Gasteiger partial charge on any atom is -0.495 e. The van der Waals surface area contributed by atoms with Crippen LogP contribution in [0.5, 0.6) is 5.75 Å². The molecule has 4 amide bonds. The molecule has 0 unspecified atom stereocenters. The number of benzene rings is 2. The van der Waals surface area contributed by atoms with Crippen molar-refractivity contribution in [3.05, 3.63) is 53.1 Å². The Labute approximate surface area is 209 Å². The van der Waals surface area contributed by atoms with Crippen LogP contribution in [0.2, 0.25) is 5.02 Å². The van der Waals surface area contributed by atoms with E-state index in [0.29, 0.717) is 49.1 Å². The van der Waals surface area contributed by atoms with Crippen LogP contribution in [-0.4, -0.2) is 56.0 Å². The van der Waals surface area contributed by atoms with Crippen molar-refractivity contribution in [2.24, 2.45) is 11.3 Å². The highest BCUT2D eigenvalue weighted by atomic mass is 35.5. The van der Waals surface area contributed by atoms with Crippen molar-refractivity contribution in [3.63, 3.8) is 0 Å². The molecule has 2 aliphatic heterocycles. The fourth-order valence-electron chi connectivity index (χ4n) is 5.24. The number of halogens is 1. The summed E-state index contributed by atoms with van der Waals surface area (Å²) in [5.74, 6) is 0.648. The number of urea groups is 1. The molecule has 2 saturated heterocycles. The van der Waals surface area contributed by atoms with Gasteiger partial charge >= 0.3 is 6.03 Å². The summed E-state index contributed by atoms with van der Waals surface area (Å²) >= 11 is 6.17. The van der Waals surface area contributed by atoms with Gasteiger partial charge in [0.15, 0.2) is 0 Å². The van der Waals surface area contributed by atoms with Crippen LogP contribution in [0.15, 0.2) is 42.5 Å². The average Bonchev–Trinajstić information content (AvgIpc) is 3.38. The van der Waals surface area contributed by atoms with Crippen molar-refractivity contribution in [2.45, 2.75) is 25.7 Å². The lowest BCUT2D eigenvalue weighted by atomic mass is 9.90. The number of piperidine rings is 1. The van der Waals surface area contributed by atoms with Gasteiger partial charge in [-0.15, -0.1) is 0 Å². The molecule has 5 rings (SSSR count). The third kappa shape index (κ3) is 4.80. The maximum absolute atomic E-state index is 12.9. The Morgan fingerprint density at radius 1 is 1.14 bits per heavy atom. The summed E-state index contributed by atoms with van der Waals surface area (Å²) in [6.07, 6.45) is 2.87. The van der Waals surface area contributed by atoms with Crippen LogP contribution in [0.1, 0.15) is 24.8 Å². The lowest BCUT2D eigenvalue weighted by molar-refractivity contribution is -0.132. The molecular formula is C26H29ClN4O4. The number of likely N-dealkylation sites (tertiary alicyclic amines) is 1. The molecule has 0 aromatic heterocycles. The van der Waals surface area contributed by atoms with Crippen LogP contribution in [0, 0.1) is 11.3 Å². The topological polar surface area (TPSA) is 91.0 Å². The minimum absolute atomic E-state index is 0.00488. The van der Waals surface area contributed by atoms with Gasteiger partial charge in [0.1, 0.15) is 5.75 Å². The molecule has 8 nitrogen and oxygen atoms in total. The molecule has 1 atom stereocenters. The monoisotopic (exact) mass is 496 g/mol. The van der Waals surface area contributed by atoms with Gasteiger partial charge in [0, 0.05) is 43.5 Å². The molecule has 1 spiro atoms. The fraction of sp³-hybridized carbons (Fsp3) is 0.423. The van der Waals surface area contributed by atoms with E-state index in [9.17, 15) is 14.4 Å². The Morgan fingerprint density at radius 3 is 2.51 bits per heavy atom. The van der Waals surface area contributed by atoms with Gasteiger partial charge in [0.25, 0.3) is 0 Å². The van der Waals surface area contributed by atoms with Gasteiger partial charge in [-0.25, -0.2) is 4.79 Å². The number of anilines is 2. The van der Waals surface area contributed by atoms with E-state index in [0.717, 1.165) is 30.5 Å². The number of amides is 4. The van der Waals surface area contributed by atoms with Gasteiger partial charge in [-0.2, -0.15) is 0 Å². The van der Waals surface area contributed by atoms with Crippen LogP contribution in [0.3, 0.4) is 0 Å². The first kappa shape index (κ1) is 23.5. The van der Waals surface area contributed by atoms with Crippen LogP contribution < -0.4 is 20.3 Å². The first-order valence-corrected chi connectivity index (χ1v) is 12.3. The zero-order valence-electron chi connectivity index (χ0n) is 19.7. The zero-order chi connectivity index (χ0) is 24.6. The molecule has 9 heteroatoms. The lowest BCUT2D eigenvalue weighted by Gasteiger charge is -2.33. The van der Waals surface area contributed by atoms with E-state index in [2.05, 4.69) is 10.6 Å². The predicted octanol–water partition coefficient (Wildman–Crippen LogP) is 3.69. The third-order valence-corrected chi connectivity index (χ3v) is 7.79. The molecule has 184 valence electrons. The first-order chi connectivity index (χ1) is 16.9. The van der Waals surface area contributed by atoms with Crippen molar-refractivity contribution in [2.75, 3.05) is 43.5 Å². The Morgan fingerprint density at radius 2 is 1.89 bits per heavy atom. The number of nitrogens with zero attached hydrogens (tertiary/aromatic N) is 2. The van der Waals surface area contributed by atoms with E-state index in [1.54, 1.807) is 30.2 Å². The standard InChI is InChI=1S/C26H29ClN4O4/c1-35-22-7-4-18(15-21(22)27)29-24(33)20-16-26(20)8-11-30(12-9-26)23(32)14-17-2-5-19(6-3-17)31-13-10-28-25(31)34/h2-7,15,20H,8-14,16H2,1H3,(H,28,34)(H,29,33)/t20-/m1/s1. The average molecular weight is 497 g/mol. The Hall–Kier alpha value is -3.26. The third-order valence-electron chi connectivity index (χ3n) is 7.50.